The van der Waals surface area contributed by atoms with Crippen LogP contribution >= 0.6 is 0 Å². The number of hydrogen-bond donors (Lipinski definition) is 2. The molecule has 21 heavy (non-hydrogen) atoms. The van der Waals surface area contributed by atoms with E-state index in [1.807, 2.05) is 0 Å². The number of carbonyl (C=O) groups is 2. The van der Waals surface area contributed by atoms with Gasteiger partial charge in [0.25, 0.3) is 0 Å². The molecule has 6 nitrogen and oxygen atoms in total. The number of nitrogens with zero attached hydrogens (tertiary/aromatic N) is 2. The van der Waals surface area contributed by atoms with Crippen LogP contribution in [0.25, 0.3) is 16.9 Å². The average Bonchev–Trinajstić information content (AvgIpc) is 2.91. The maximum atomic E-state index is 11.2. The zero-order valence-electron chi connectivity index (χ0n) is 10.7. The third kappa shape index (κ3) is 2.23. The first kappa shape index (κ1) is 12.9. The van der Waals surface area contributed by atoms with Crippen molar-refractivity contribution in [1.82, 2.24) is 9.38 Å². The Morgan fingerprint density at radius 2 is 1.76 bits per heavy atom. The van der Waals surface area contributed by atoms with Gasteiger partial charge in [-0.25, -0.2) is 14.6 Å². The molecule has 0 radical (unpaired) electrons. The summed E-state index contributed by atoms with van der Waals surface area (Å²) in [6.45, 7) is 0. The van der Waals surface area contributed by atoms with Gasteiger partial charge in [0.15, 0.2) is 0 Å². The van der Waals surface area contributed by atoms with Crippen LogP contribution in [0.3, 0.4) is 0 Å². The Morgan fingerprint density at radius 3 is 2.48 bits per heavy atom. The fourth-order valence-electron chi connectivity index (χ4n) is 2.14. The molecule has 0 unspecified atom stereocenters. The summed E-state index contributed by atoms with van der Waals surface area (Å²) in [5, 5.41) is 18.2. The van der Waals surface area contributed by atoms with Crippen molar-refractivity contribution in [3.8, 4) is 11.3 Å². The van der Waals surface area contributed by atoms with Gasteiger partial charge in [-0.3, -0.25) is 4.40 Å². The summed E-state index contributed by atoms with van der Waals surface area (Å²) in [7, 11) is 0. The normalized spacial score (nSPS) is 10.7. The summed E-state index contributed by atoms with van der Waals surface area (Å²) in [6, 6.07) is 11.1. The Bertz CT molecular complexity index is 867. The van der Waals surface area contributed by atoms with E-state index in [0.717, 1.165) is 0 Å². The highest BCUT2D eigenvalue weighted by Crippen LogP contribution is 2.21. The Morgan fingerprint density at radius 1 is 1.00 bits per heavy atom. The minimum absolute atomic E-state index is 0.0978. The van der Waals surface area contributed by atoms with Gasteiger partial charge in [0, 0.05) is 11.8 Å². The SMILES string of the molecule is O=C(O)c1cccc(-c2cn3c(C(=O)O)cccc3n2)c1. The highest BCUT2D eigenvalue weighted by molar-refractivity contribution is 5.89. The van der Waals surface area contributed by atoms with Crippen molar-refractivity contribution < 1.29 is 19.8 Å². The standard InChI is InChI=1S/C15H10N2O4/c18-14(19)10-4-1-3-9(7-10)11-8-17-12(15(20)21)5-2-6-13(17)16-11/h1-8H,(H,18,19)(H,20,21). The number of rotatable bonds is 3. The number of carboxylic acid groups (broad SMARTS) is 2. The van der Waals surface area contributed by atoms with E-state index in [9.17, 15) is 9.59 Å². The quantitative estimate of drug-likeness (QED) is 0.769. The summed E-state index contributed by atoms with van der Waals surface area (Å²) in [5.74, 6) is -2.07. The molecule has 0 aliphatic carbocycles. The van der Waals surface area contributed by atoms with Crippen LogP contribution in [0.2, 0.25) is 0 Å². The number of aromatic nitrogens is 2. The maximum absolute atomic E-state index is 11.2. The van der Waals surface area contributed by atoms with Gasteiger partial charge in [0.1, 0.15) is 11.3 Å². The van der Waals surface area contributed by atoms with Crippen molar-refractivity contribution in [2.24, 2.45) is 0 Å². The third-order valence-corrected chi connectivity index (χ3v) is 3.12. The van der Waals surface area contributed by atoms with E-state index in [1.54, 1.807) is 30.5 Å². The van der Waals surface area contributed by atoms with Crippen LogP contribution in [0.1, 0.15) is 20.8 Å². The number of pyridine rings is 1. The van der Waals surface area contributed by atoms with Crippen molar-refractivity contribution in [3.05, 3.63) is 59.9 Å². The van der Waals surface area contributed by atoms with E-state index >= 15 is 0 Å². The summed E-state index contributed by atoms with van der Waals surface area (Å²) < 4.78 is 1.46. The van der Waals surface area contributed by atoms with Crippen molar-refractivity contribution in [1.29, 1.82) is 0 Å². The monoisotopic (exact) mass is 282 g/mol. The molecule has 3 rings (SSSR count). The molecule has 0 aliphatic rings. The molecule has 0 bridgehead atoms. The highest BCUT2D eigenvalue weighted by Gasteiger charge is 2.12. The summed E-state index contributed by atoms with van der Waals surface area (Å²) in [5.41, 5.74) is 1.89. The van der Waals surface area contributed by atoms with Crippen molar-refractivity contribution in [2.45, 2.75) is 0 Å². The lowest BCUT2D eigenvalue weighted by molar-refractivity contribution is 0.0681. The molecule has 2 N–H and O–H groups in total. The van der Waals surface area contributed by atoms with Crippen LogP contribution < -0.4 is 0 Å². The van der Waals surface area contributed by atoms with Gasteiger partial charge >= 0.3 is 11.9 Å². The van der Waals surface area contributed by atoms with Gasteiger partial charge in [-0.2, -0.15) is 0 Å². The molecule has 104 valence electrons. The largest absolute Gasteiger partial charge is 0.478 e. The minimum Gasteiger partial charge on any atom is -0.478 e. The maximum Gasteiger partial charge on any atom is 0.352 e. The Labute approximate surface area is 118 Å². The van der Waals surface area contributed by atoms with Gasteiger partial charge in [0.05, 0.1) is 11.3 Å². The minimum atomic E-state index is -1.05. The predicted octanol–water partition coefficient (Wildman–Crippen LogP) is 2.40. The Hall–Kier alpha value is -3.15. The number of benzene rings is 1. The third-order valence-electron chi connectivity index (χ3n) is 3.12. The van der Waals surface area contributed by atoms with Gasteiger partial charge in [0.2, 0.25) is 0 Å². The van der Waals surface area contributed by atoms with Crippen LogP contribution in [0.15, 0.2) is 48.7 Å². The van der Waals surface area contributed by atoms with E-state index in [1.165, 1.54) is 22.6 Å². The molecule has 0 fully saturated rings. The smallest absolute Gasteiger partial charge is 0.352 e. The van der Waals surface area contributed by atoms with E-state index < -0.39 is 11.9 Å². The van der Waals surface area contributed by atoms with Crippen LogP contribution in [-0.4, -0.2) is 31.5 Å². The first-order valence-corrected chi connectivity index (χ1v) is 6.11. The average molecular weight is 282 g/mol. The van der Waals surface area contributed by atoms with Crippen LogP contribution in [-0.2, 0) is 0 Å². The summed E-state index contributed by atoms with van der Waals surface area (Å²) in [6.07, 6.45) is 1.58. The topological polar surface area (TPSA) is 91.9 Å². The first-order chi connectivity index (χ1) is 10.1. The fraction of sp³-hybridized carbons (Fsp3) is 0. The van der Waals surface area contributed by atoms with Crippen LogP contribution in [0.4, 0.5) is 0 Å². The lowest BCUT2D eigenvalue weighted by atomic mass is 10.1. The number of fused-ring (bicyclic) bond motifs is 1. The van der Waals surface area contributed by atoms with E-state index in [4.69, 9.17) is 10.2 Å². The Kier molecular flexibility index (Phi) is 2.91. The molecule has 0 saturated carbocycles. The zero-order chi connectivity index (χ0) is 15.0. The molecule has 2 heterocycles. The molecule has 3 aromatic rings. The molecule has 0 saturated heterocycles. The number of carboxylic acids is 2. The highest BCUT2D eigenvalue weighted by atomic mass is 16.4. The van der Waals surface area contributed by atoms with Gasteiger partial charge in [-0.05, 0) is 24.3 Å². The number of aromatic carboxylic acids is 2. The predicted molar refractivity (Wildman–Crippen MR) is 74.5 cm³/mol. The molecular formula is C15H10N2O4. The number of hydrogen-bond acceptors (Lipinski definition) is 3. The van der Waals surface area contributed by atoms with Crippen molar-refractivity contribution in [2.75, 3.05) is 0 Å². The number of imidazole rings is 1. The van der Waals surface area contributed by atoms with Gasteiger partial charge in [-0.15, -0.1) is 0 Å². The lowest BCUT2D eigenvalue weighted by Crippen LogP contribution is -2.03. The first-order valence-electron chi connectivity index (χ1n) is 6.11. The second-order valence-electron chi connectivity index (χ2n) is 4.46. The van der Waals surface area contributed by atoms with Crippen LogP contribution in [0, 0.1) is 0 Å². The Balaban J connectivity index is 2.18. The van der Waals surface area contributed by atoms with Gasteiger partial charge in [-0.1, -0.05) is 18.2 Å². The molecule has 0 aliphatic heterocycles. The van der Waals surface area contributed by atoms with E-state index in [0.29, 0.717) is 16.9 Å². The molecule has 0 spiro atoms. The van der Waals surface area contributed by atoms with Crippen molar-refractivity contribution in [3.63, 3.8) is 0 Å². The van der Waals surface area contributed by atoms with Crippen molar-refractivity contribution >= 4 is 17.6 Å². The van der Waals surface area contributed by atoms with E-state index in [2.05, 4.69) is 4.98 Å². The molecular weight excluding hydrogens is 272 g/mol. The van der Waals surface area contributed by atoms with Gasteiger partial charge < -0.3 is 10.2 Å². The molecule has 1 aromatic carbocycles. The second-order valence-corrected chi connectivity index (χ2v) is 4.46. The zero-order valence-corrected chi connectivity index (χ0v) is 10.7. The van der Waals surface area contributed by atoms with Crippen LogP contribution in [0.5, 0.6) is 0 Å². The fourth-order valence-corrected chi connectivity index (χ4v) is 2.14. The molecule has 0 amide bonds. The summed E-state index contributed by atoms with van der Waals surface area (Å²) >= 11 is 0. The molecule has 2 aromatic heterocycles. The van der Waals surface area contributed by atoms with E-state index in [-0.39, 0.29) is 11.3 Å². The molecule has 0 atom stereocenters. The summed E-state index contributed by atoms with van der Waals surface area (Å²) in [4.78, 5) is 26.5. The lowest BCUT2D eigenvalue weighted by Gasteiger charge is -1.99. The second kappa shape index (κ2) is 4.75. The molecule has 6 heteroatoms.